The van der Waals surface area contributed by atoms with Crippen LogP contribution in [0.3, 0.4) is 0 Å². The van der Waals surface area contributed by atoms with Gasteiger partial charge >= 0.3 is 0 Å². The summed E-state index contributed by atoms with van der Waals surface area (Å²) in [6.07, 6.45) is 0. The fraction of sp³-hybridized carbons (Fsp3) is 0. The number of nitrogens with zero attached hydrogens (tertiary/aromatic N) is 2. The third kappa shape index (κ3) is 2.09. The summed E-state index contributed by atoms with van der Waals surface area (Å²) in [5, 5.41) is 8.21. The van der Waals surface area contributed by atoms with Crippen molar-refractivity contribution < 1.29 is 4.42 Å². The first-order valence-corrected chi connectivity index (χ1v) is 5.86. The van der Waals surface area contributed by atoms with E-state index in [2.05, 4.69) is 48.7 Å². The van der Waals surface area contributed by atoms with E-state index in [4.69, 9.17) is 16.0 Å². The van der Waals surface area contributed by atoms with Crippen LogP contribution in [0.1, 0.15) is 0 Å². The molecule has 0 radical (unpaired) electrons. The van der Waals surface area contributed by atoms with Crippen molar-refractivity contribution in [3.8, 4) is 11.5 Å². The molecule has 1 heterocycles. The SMILES string of the molecule is Clc1cc(-c2nnc(Br)o2)ccc1I. The Morgan fingerprint density at radius 2 is 2.14 bits per heavy atom. The van der Waals surface area contributed by atoms with E-state index in [1.54, 1.807) is 6.07 Å². The van der Waals surface area contributed by atoms with Crippen LogP contribution in [0.2, 0.25) is 5.02 Å². The minimum absolute atomic E-state index is 0.363. The van der Waals surface area contributed by atoms with Gasteiger partial charge in [-0.3, -0.25) is 0 Å². The minimum atomic E-state index is 0.363. The van der Waals surface area contributed by atoms with Gasteiger partial charge in [-0.1, -0.05) is 11.6 Å². The van der Waals surface area contributed by atoms with Crippen LogP contribution in [0, 0.1) is 3.57 Å². The molecule has 72 valence electrons. The zero-order valence-electron chi connectivity index (χ0n) is 6.67. The number of halogens is 3. The van der Waals surface area contributed by atoms with Crippen molar-refractivity contribution >= 4 is 50.1 Å². The summed E-state index contributed by atoms with van der Waals surface area (Å²) in [5.74, 6) is 0.454. The van der Waals surface area contributed by atoms with Crippen molar-refractivity contribution in [2.45, 2.75) is 0 Å². The van der Waals surface area contributed by atoms with Crippen LogP contribution in [0.5, 0.6) is 0 Å². The van der Waals surface area contributed by atoms with Gasteiger partial charge in [0.15, 0.2) is 0 Å². The van der Waals surface area contributed by atoms with Gasteiger partial charge in [-0.15, -0.1) is 10.2 Å². The number of benzene rings is 1. The maximum atomic E-state index is 5.96. The van der Waals surface area contributed by atoms with E-state index in [0.717, 1.165) is 9.13 Å². The summed E-state index contributed by atoms with van der Waals surface area (Å²) in [5.41, 5.74) is 0.814. The van der Waals surface area contributed by atoms with E-state index in [1.807, 2.05) is 12.1 Å². The molecule has 3 nitrogen and oxygen atoms in total. The van der Waals surface area contributed by atoms with Gasteiger partial charge in [0, 0.05) is 25.1 Å². The standard InChI is InChI=1S/C8H3BrClIN2O/c9-8-13-12-7(14-8)4-1-2-6(11)5(10)3-4/h1-3H. The summed E-state index contributed by atoms with van der Waals surface area (Å²) < 4.78 is 6.19. The van der Waals surface area contributed by atoms with Gasteiger partial charge in [-0.05, 0) is 40.8 Å². The average Bonchev–Trinajstić information content (AvgIpc) is 2.57. The molecule has 0 aliphatic carbocycles. The molecule has 1 aromatic carbocycles. The van der Waals surface area contributed by atoms with Crippen molar-refractivity contribution in [2.24, 2.45) is 0 Å². The van der Waals surface area contributed by atoms with Gasteiger partial charge in [0.2, 0.25) is 5.89 Å². The Bertz CT molecular complexity index is 474. The van der Waals surface area contributed by atoms with E-state index in [1.165, 1.54) is 0 Å². The lowest BCUT2D eigenvalue weighted by atomic mass is 10.2. The van der Waals surface area contributed by atoms with Crippen LogP contribution in [-0.4, -0.2) is 10.2 Å². The van der Waals surface area contributed by atoms with Crippen LogP contribution in [-0.2, 0) is 0 Å². The molecule has 0 aliphatic rings. The highest BCUT2D eigenvalue weighted by atomic mass is 127. The molecule has 0 bridgehead atoms. The minimum Gasteiger partial charge on any atom is -0.411 e. The Hall–Kier alpha value is -0.140. The van der Waals surface area contributed by atoms with E-state index < -0.39 is 0 Å². The molecule has 2 aromatic rings. The normalized spacial score (nSPS) is 10.5. The highest BCUT2D eigenvalue weighted by Crippen LogP contribution is 2.26. The van der Waals surface area contributed by atoms with Crippen LogP contribution < -0.4 is 0 Å². The molecule has 2 rings (SSSR count). The quantitative estimate of drug-likeness (QED) is 0.702. The van der Waals surface area contributed by atoms with Crippen LogP contribution in [0.25, 0.3) is 11.5 Å². The molecule has 0 fully saturated rings. The molecule has 0 N–H and O–H groups in total. The summed E-state index contributed by atoms with van der Waals surface area (Å²) in [6, 6.07) is 5.58. The molecule has 6 heteroatoms. The Kier molecular flexibility index (Phi) is 3.08. The topological polar surface area (TPSA) is 38.9 Å². The van der Waals surface area contributed by atoms with Crippen molar-refractivity contribution in [3.63, 3.8) is 0 Å². The molecular weight excluding hydrogens is 382 g/mol. The molecular formula is C8H3BrClIN2O. The summed E-state index contributed by atoms with van der Waals surface area (Å²) in [7, 11) is 0. The molecule has 0 spiro atoms. The van der Waals surface area contributed by atoms with Crippen LogP contribution >= 0.6 is 50.1 Å². The largest absolute Gasteiger partial charge is 0.411 e. The first-order chi connectivity index (χ1) is 6.66. The fourth-order valence-corrected chi connectivity index (χ4v) is 1.70. The number of hydrogen-bond donors (Lipinski definition) is 0. The molecule has 1 aromatic heterocycles. The van der Waals surface area contributed by atoms with E-state index >= 15 is 0 Å². The second-order valence-corrected chi connectivity index (χ2v) is 4.74. The van der Waals surface area contributed by atoms with Crippen molar-refractivity contribution in [3.05, 3.63) is 31.6 Å². The van der Waals surface area contributed by atoms with Gasteiger partial charge in [0.1, 0.15) is 0 Å². The lowest BCUT2D eigenvalue weighted by Gasteiger charge is -1.97. The smallest absolute Gasteiger partial charge is 0.285 e. The molecule has 0 atom stereocenters. The Labute approximate surface area is 107 Å². The maximum Gasteiger partial charge on any atom is 0.285 e. The summed E-state index contributed by atoms with van der Waals surface area (Å²) in [4.78, 5) is 0.363. The number of hydrogen-bond acceptors (Lipinski definition) is 3. The van der Waals surface area contributed by atoms with Gasteiger partial charge in [0.05, 0.1) is 5.02 Å². The second kappa shape index (κ2) is 4.16. The Morgan fingerprint density at radius 3 is 2.71 bits per heavy atom. The highest BCUT2D eigenvalue weighted by molar-refractivity contribution is 14.1. The zero-order valence-corrected chi connectivity index (χ0v) is 11.2. The van der Waals surface area contributed by atoms with Crippen molar-refractivity contribution in [2.75, 3.05) is 0 Å². The second-order valence-electron chi connectivity index (χ2n) is 2.49. The lowest BCUT2D eigenvalue weighted by Crippen LogP contribution is -1.80. The lowest BCUT2D eigenvalue weighted by molar-refractivity contribution is 0.540. The third-order valence-electron chi connectivity index (χ3n) is 1.57. The number of rotatable bonds is 1. The van der Waals surface area contributed by atoms with E-state index in [9.17, 15) is 0 Å². The van der Waals surface area contributed by atoms with Crippen LogP contribution in [0.15, 0.2) is 27.4 Å². The molecule has 0 aliphatic heterocycles. The Balaban J connectivity index is 2.47. The van der Waals surface area contributed by atoms with Crippen LogP contribution in [0.4, 0.5) is 0 Å². The van der Waals surface area contributed by atoms with Crippen molar-refractivity contribution in [1.82, 2.24) is 10.2 Å². The molecule has 14 heavy (non-hydrogen) atoms. The summed E-state index contributed by atoms with van der Waals surface area (Å²) in [6.45, 7) is 0. The number of aromatic nitrogens is 2. The first-order valence-electron chi connectivity index (χ1n) is 3.61. The maximum absolute atomic E-state index is 5.96. The average molecular weight is 385 g/mol. The van der Waals surface area contributed by atoms with Gasteiger partial charge < -0.3 is 4.42 Å². The van der Waals surface area contributed by atoms with Crippen molar-refractivity contribution in [1.29, 1.82) is 0 Å². The predicted octanol–water partition coefficient (Wildman–Crippen LogP) is 3.76. The first kappa shape index (κ1) is 10.4. The zero-order chi connectivity index (χ0) is 10.1. The Morgan fingerprint density at radius 1 is 1.36 bits per heavy atom. The monoisotopic (exact) mass is 384 g/mol. The van der Waals surface area contributed by atoms with Gasteiger partial charge in [0.25, 0.3) is 4.80 Å². The van der Waals surface area contributed by atoms with Gasteiger partial charge in [-0.2, -0.15) is 0 Å². The van der Waals surface area contributed by atoms with E-state index in [-0.39, 0.29) is 0 Å². The summed E-state index contributed by atoms with van der Waals surface area (Å²) >= 11 is 11.2. The fourth-order valence-electron chi connectivity index (χ4n) is 0.951. The third-order valence-corrected chi connectivity index (χ3v) is 3.46. The molecule has 0 saturated heterocycles. The molecule has 0 saturated carbocycles. The highest BCUT2D eigenvalue weighted by Gasteiger charge is 2.07. The predicted molar refractivity (Wildman–Crippen MR) is 65.2 cm³/mol. The van der Waals surface area contributed by atoms with E-state index in [0.29, 0.717) is 15.7 Å². The molecule has 0 unspecified atom stereocenters. The molecule has 0 amide bonds. The van der Waals surface area contributed by atoms with Gasteiger partial charge in [-0.25, -0.2) is 0 Å².